The summed E-state index contributed by atoms with van der Waals surface area (Å²) in [7, 11) is 0. The second-order valence-corrected chi connectivity index (χ2v) is 5.69. The Balaban J connectivity index is 2.70. The molecule has 0 saturated heterocycles. The summed E-state index contributed by atoms with van der Waals surface area (Å²) >= 11 is 0. The van der Waals surface area contributed by atoms with Crippen molar-refractivity contribution >= 4 is 5.91 Å². The van der Waals surface area contributed by atoms with Gasteiger partial charge in [-0.1, -0.05) is 38.1 Å². The molecule has 0 fully saturated rings. The van der Waals surface area contributed by atoms with E-state index in [-0.39, 0.29) is 11.9 Å². The third kappa shape index (κ3) is 4.35. The first-order chi connectivity index (χ1) is 8.90. The van der Waals surface area contributed by atoms with Gasteiger partial charge in [-0.3, -0.25) is 4.79 Å². The number of primary amides is 1. The molecule has 0 aromatic heterocycles. The lowest BCUT2D eigenvalue weighted by Crippen LogP contribution is -2.41. The molecule has 0 aliphatic rings. The molecule has 19 heavy (non-hydrogen) atoms. The lowest BCUT2D eigenvalue weighted by Gasteiger charge is -2.25. The Kier molecular flexibility index (Phi) is 5.55. The highest BCUT2D eigenvalue weighted by molar-refractivity contribution is 5.80. The molecule has 0 bridgehead atoms. The SMILES string of the molecule is CCc1ccc(C(CC)NCC(C)(C)C(N)=O)cc1. The van der Waals surface area contributed by atoms with Crippen molar-refractivity contribution in [1.29, 1.82) is 0 Å². The van der Waals surface area contributed by atoms with Crippen LogP contribution in [0.1, 0.15) is 51.3 Å². The summed E-state index contributed by atoms with van der Waals surface area (Å²) in [6.45, 7) is 8.63. The molecule has 0 radical (unpaired) electrons. The van der Waals surface area contributed by atoms with Crippen LogP contribution in [0.15, 0.2) is 24.3 Å². The van der Waals surface area contributed by atoms with Crippen LogP contribution in [0, 0.1) is 5.41 Å². The zero-order valence-electron chi connectivity index (χ0n) is 12.5. The first-order valence-corrected chi connectivity index (χ1v) is 7.02. The normalized spacial score (nSPS) is 13.3. The molecule has 0 spiro atoms. The fraction of sp³-hybridized carbons (Fsp3) is 0.562. The Morgan fingerprint density at radius 2 is 1.84 bits per heavy atom. The van der Waals surface area contributed by atoms with E-state index in [9.17, 15) is 4.79 Å². The van der Waals surface area contributed by atoms with E-state index < -0.39 is 5.41 Å². The zero-order chi connectivity index (χ0) is 14.5. The monoisotopic (exact) mass is 262 g/mol. The molecular formula is C16H26N2O. The number of amides is 1. The van der Waals surface area contributed by atoms with E-state index in [0.717, 1.165) is 12.8 Å². The molecule has 1 rings (SSSR count). The van der Waals surface area contributed by atoms with E-state index in [2.05, 4.69) is 43.4 Å². The van der Waals surface area contributed by atoms with Crippen molar-refractivity contribution in [2.45, 2.75) is 46.6 Å². The molecule has 3 N–H and O–H groups in total. The number of hydrogen-bond donors (Lipinski definition) is 2. The van der Waals surface area contributed by atoms with Crippen LogP contribution in [0.5, 0.6) is 0 Å². The van der Waals surface area contributed by atoms with Crippen molar-refractivity contribution in [3.8, 4) is 0 Å². The van der Waals surface area contributed by atoms with Crippen LogP contribution in [-0.4, -0.2) is 12.5 Å². The summed E-state index contributed by atoms with van der Waals surface area (Å²) in [6.07, 6.45) is 2.04. The Morgan fingerprint density at radius 1 is 1.26 bits per heavy atom. The second-order valence-electron chi connectivity index (χ2n) is 5.69. The van der Waals surface area contributed by atoms with Crippen LogP contribution in [0.25, 0.3) is 0 Å². The maximum absolute atomic E-state index is 11.3. The van der Waals surface area contributed by atoms with Crippen LogP contribution in [0.3, 0.4) is 0 Å². The van der Waals surface area contributed by atoms with Gasteiger partial charge in [-0.15, -0.1) is 0 Å². The standard InChI is InChI=1S/C16H26N2O/c1-5-12-7-9-13(10-8-12)14(6-2)18-11-16(3,4)15(17)19/h7-10,14,18H,5-6,11H2,1-4H3,(H2,17,19). The van der Waals surface area contributed by atoms with Crippen LogP contribution in [0.2, 0.25) is 0 Å². The summed E-state index contributed by atoms with van der Waals surface area (Å²) in [5, 5.41) is 3.44. The van der Waals surface area contributed by atoms with Gasteiger partial charge in [-0.05, 0) is 37.8 Å². The molecule has 0 aliphatic carbocycles. The van der Waals surface area contributed by atoms with E-state index in [1.54, 1.807) is 0 Å². The minimum Gasteiger partial charge on any atom is -0.369 e. The quantitative estimate of drug-likeness (QED) is 0.794. The summed E-state index contributed by atoms with van der Waals surface area (Å²) in [5.74, 6) is -0.267. The lowest BCUT2D eigenvalue weighted by atomic mass is 9.91. The van der Waals surface area contributed by atoms with Crippen molar-refractivity contribution < 1.29 is 4.79 Å². The van der Waals surface area contributed by atoms with Gasteiger partial charge in [0.25, 0.3) is 0 Å². The average Bonchev–Trinajstić information content (AvgIpc) is 2.40. The number of rotatable bonds is 7. The van der Waals surface area contributed by atoms with Gasteiger partial charge in [-0.25, -0.2) is 0 Å². The van der Waals surface area contributed by atoms with Crippen molar-refractivity contribution in [3.05, 3.63) is 35.4 Å². The van der Waals surface area contributed by atoms with Crippen molar-refractivity contribution in [1.82, 2.24) is 5.32 Å². The zero-order valence-corrected chi connectivity index (χ0v) is 12.5. The number of aryl methyl sites for hydroxylation is 1. The van der Waals surface area contributed by atoms with E-state index in [1.165, 1.54) is 11.1 Å². The molecule has 3 nitrogen and oxygen atoms in total. The molecule has 1 aromatic rings. The van der Waals surface area contributed by atoms with E-state index in [0.29, 0.717) is 6.54 Å². The fourth-order valence-electron chi connectivity index (χ4n) is 1.95. The predicted molar refractivity (Wildman–Crippen MR) is 79.8 cm³/mol. The Morgan fingerprint density at radius 3 is 2.26 bits per heavy atom. The summed E-state index contributed by atoms with van der Waals surface area (Å²) in [6, 6.07) is 8.93. The number of carbonyl (C=O) groups excluding carboxylic acids is 1. The average molecular weight is 262 g/mol. The second kappa shape index (κ2) is 6.71. The Bertz CT molecular complexity index is 409. The van der Waals surface area contributed by atoms with E-state index in [4.69, 9.17) is 5.73 Å². The summed E-state index contributed by atoms with van der Waals surface area (Å²) in [5.41, 5.74) is 7.49. The Hall–Kier alpha value is -1.35. The van der Waals surface area contributed by atoms with E-state index in [1.807, 2.05) is 13.8 Å². The molecule has 0 heterocycles. The smallest absolute Gasteiger partial charge is 0.224 e. The topological polar surface area (TPSA) is 55.1 Å². The molecule has 0 aliphatic heterocycles. The van der Waals surface area contributed by atoms with Crippen LogP contribution in [-0.2, 0) is 11.2 Å². The van der Waals surface area contributed by atoms with Gasteiger partial charge < -0.3 is 11.1 Å². The predicted octanol–water partition coefficient (Wildman–Crippen LogP) is 2.80. The third-order valence-electron chi connectivity index (χ3n) is 3.66. The lowest BCUT2D eigenvalue weighted by molar-refractivity contribution is -0.125. The maximum atomic E-state index is 11.3. The minimum absolute atomic E-state index is 0.267. The number of nitrogens with two attached hydrogens (primary N) is 1. The summed E-state index contributed by atoms with van der Waals surface area (Å²) in [4.78, 5) is 11.3. The number of hydrogen-bond acceptors (Lipinski definition) is 2. The molecule has 106 valence electrons. The molecule has 1 amide bonds. The first kappa shape index (κ1) is 15.7. The largest absolute Gasteiger partial charge is 0.369 e. The van der Waals surface area contributed by atoms with Crippen LogP contribution >= 0.6 is 0 Å². The highest BCUT2D eigenvalue weighted by Gasteiger charge is 2.25. The van der Waals surface area contributed by atoms with Gasteiger partial charge >= 0.3 is 0 Å². The highest BCUT2D eigenvalue weighted by Crippen LogP contribution is 2.20. The van der Waals surface area contributed by atoms with Gasteiger partial charge in [0.15, 0.2) is 0 Å². The first-order valence-electron chi connectivity index (χ1n) is 7.02. The maximum Gasteiger partial charge on any atom is 0.224 e. The minimum atomic E-state index is -0.517. The van der Waals surface area contributed by atoms with Crippen molar-refractivity contribution in [2.24, 2.45) is 11.1 Å². The molecule has 1 unspecified atom stereocenters. The highest BCUT2D eigenvalue weighted by atomic mass is 16.1. The van der Waals surface area contributed by atoms with Gasteiger partial charge in [0.2, 0.25) is 5.91 Å². The van der Waals surface area contributed by atoms with Gasteiger partial charge in [0.05, 0.1) is 5.41 Å². The Labute approximate surface area is 116 Å². The molecule has 0 saturated carbocycles. The third-order valence-corrected chi connectivity index (χ3v) is 3.66. The fourth-order valence-corrected chi connectivity index (χ4v) is 1.95. The van der Waals surface area contributed by atoms with E-state index >= 15 is 0 Å². The van der Waals surface area contributed by atoms with Gasteiger partial charge in [0, 0.05) is 12.6 Å². The molecule has 1 atom stereocenters. The van der Waals surface area contributed by atoms with Crippen molar-refractivity contribution in [3.63, 3.8) is 0 Å². The van der Waals surface area contributed by atoms with Gasteiger partial charge in [-0.2, -0.15) is 0 Å². The number of benzene rings is 1. The number of carbonyl (C=O) groups is 1. The van der Waals surface area contributed by atoms with Gasteiger partial charge in [0.1, 0.15) is 0 Å². The van der Waals surface area contributed by atoms with Crippen LogP contribution < -0.4 is 11.1 Å². The molecule has 3 heteroatoms. The molecule has 1 aromatic carbocycles. The van der Waals surface area contributed by atoms with Crippen molar-refractivity contribution in [2.75, 3.05) is 6.54 Å². The number of nitrogens with one attached hydrogen (secondary N) is 1. The molecular weight excluding hydrogens is 236 g/mol. The summed E-state index contributed by atoms with van der Waals surface area (Å²) < 4.78 is 0. The van der Waals surface area contributed by atoms with Crippen LogP contribution in [0.4, 0.5) is 0 Å².